The van der Waals surface area contributed by atoms with Crippen LogP contribution in [-0.4, -0.2) is 53.6 Å². The maximum atomic E-state index is 11.7. The molecule has 8 heteroatoms. The molecule has 2 aromatic rings. The van der Waals surface area contributed by atoms with E-state index in [2.05, 4.69) is 20.2 Å². The van der Waals surface area contributed by atoms with E-state index in [1.807, 2.05) is 0 Å². The molecule has 0 radical (unpaired) electrons. The lowest BCUT2D eigenvalue weighted by molar-refractivity contribution is -0.138. The fourth-order valence-corrected chi connectivity index (χ4v) is 2.64. The minimum atomic E-state index is -0.438. The number of rotatable bonds is 5. The van der Waals surface area contributed by atoms with Gasteiger partial charge in [0.25, 0.3) is 0 Å². The number of likely N-dealkylation sites (N-methyl/N-ethyl adjacent to an activating group) is 1. The molecular formula is C17H19ClN4O3. The van der Waals surface area contributed by atoms with Crippen LogP contribution < -0.4 is 10.1 Å². The van der Waals surface area contributed by atoms with E-state index in [1.165, 1.54) is 0 Å². The summed E-state index contributed by atoms with van der Waals surface area (Å²) in [5.74, 6) is 0.520. The van der Waals surface area contributed by atoms with E-state index in [0.29, 0.717) is 30.5 Å². The van der Waals surface area contributed by atoms with Crippen molar-refractivity contribution < 1.29 is 14.3 Å². The van der Waals surface area contributed by atoms with E-state index >= 15 is 0 Å². The molecule has 1 aromatic carbocycles. The highest BCUT2D eigenvalue weighted by molar-refractivity contribution is 6.30. The predicted octanol–water partition coefficient (Wildman–Crippen LogP) is 1.87. The van der Waals surface area contributed by atoms with Gasteiger partial charge in [-0.15, -0.1) is 0 Å². The lowest BCUT2D eigenvalue weighted by Gasteiger charge is -2.31. The fourth-order valence-electron chi connectivity index (χ4n) is 2.51. The van der Waals surface area contributed by atoms with Gasteiger partial charge in [0.15, 0.2) is 0 Å². The van der Waals surface area contributed by atoms with Crippen LogP contribution in [0.1, 0.15) is 5.56 Å². The molecule has 132 valence electrons. The summed E-state index contributed by atoms with van der Waals surface area (Å²) in [7, 11) is 1.61. The van der Waals surface area contributed by atoms with Crippen LogP contribution in [0.3, 0.4) is 0 Å². The Bertz CT molecular complexity index is 709. The number of nitrogens with one attached hydrogen (secondary N) is 1. The molecule has 1 saturated heterocycles. The Morgan fingerprint density at radius 2 is 2.08 bits per heavy atom. The van der Waals surface area contributed by atoms with Crippen LogP contribution in [0.5, 0.6) is 11.8 Å². The van der Waals surface area contributed by atoms with Gasteiger partial charge in [-0.05, 0) is 24.3 Å². The first kappa shape index (κ1) is 17.6. The van der Waals surface area contributed by atoms with Crippen LogP contribution in [0.4, 0.5) is 0 Å². The summed E-state index contributed by atoms with van der Waals surface area (Å²) in [6, 6.07) is 7.27. The zero-order chi connectivity index (χ0) is 17.6. The number of halogens is 1. The van der Waals surface area contributed by atoms with Gasteiger partial charge in [-0.1, -0.05) is 11.6 Å². The largest absolute Gasteiger partial charge is 0.424 e. The van der Waals surface area contributed by atoms with Gasteiger partial charge in [0.1, 0.15) is 11.9 Å². The van der Waals surface area contributed by atoms with Crippen LogP contribution in [0.25, 0.3) is 0 Å². The molecule has 0 spiro atoms. The Kier molecular flexibility index (Phi) is 5.80. The molecule has 7 nitrogen and oxygen atoms in total. The van der Waals surface area contributed by atoms with Crippen LogP contribution >= 0.6 is 11.6 Å². The molecule has 0 aliphatic carbocycles. The van der Waals surface area contributed by atoms with Gasteiger partial charge in [0, 0.05) is 49.7 Å². The first-order valence-corrected chi connectivity index (χ1v) is 8.32. The molecule has 1 aliphatic rings. The van der Waals surface area contributed by atoms with Crippen molar-refractivity contribution in [1.82, 2.24) is 20.2 Å². The third kappa shape index (κ3) is 4.88. The van der Waals surface area contributed by atoms with Gasteiger partial charge >= 0.3 is 6.01 Å². The summed E-state index contributed by atoms with van der Waals surface area (Å²) in [5, 5.41) is 3.26. The summed E-state index contributed by atoms with van der Waals surface area (Å²) in [5.41, 5.74) is 0.945. The number of carbonyl (C=O) groups excluding carboxylic acids is 1. The summed E-state index contributed by atoms with van der Waals surface area (Å²) in [6.07, 6.45) is 3.01. The number of hydrogen-bond acceptors (Lipinski definition) is 6. The molecule has 1 atom stereocenters. The van der Waals surface area contributed by atoms with Crippen LogP contribution in [0, 0.1) is 0 Å². The number of amides is 1. The maximum Gasteiger partial charge on any atom is 0.321 e. The van der Waals surface area contributed by atoms with Crippen molar-refractivity contribution in [2.24, 2.45) is 0 Å². The number of hydrogen-bond donors (Lipinski definition) is 1. The highest BCUT2D eigenvalue weighted by Gasteiger charge is 2.25. The Hall–Kier alpha value is -2.22. The summed E-state index contributed by atoms with van der Waals surface area (Å²) < 4.78 is 11.1. The molecule has 1 amide bonds. The highest BCUT2D eigenvalue weighted by Crippen LogP contribution is 2.20. The molecule has 0 unspecified atom stereocenters. The van der Waals surface area contributed by atoms with Gasteiger partial charge < -0.3 is 14.8 Å². The van der Waals surface area contributed by atoms with E-state index in [-0.39, 0.29) is 11.9 Å². The van der Waals surface area contributed by atoms with Gasteiger partial charge in [-0.3, -0.25) is 9.69 Å². The minimum absolute atomic E-state index is 0.104. The predicted molar refractivity (Wildman–Crippen MR) is 92.6 cm³/mol. The first-order chi connectivity index (χ1) is 12.1. The van der Waals surface area contributed by atoms with Gasteiger partial charge in [0.2, 0.25) is 5.91 Å². The number of nitrogens with zero attached hydrogens (tertiary/aromatic N) is 3. The van der Waals surface area contributed by atoms with E-state index in [9.17, 15) is 4.79 Å². The molecule has 0 bridgehead atoms. The molecule has 25 heavy (non-hydrogen) atoms. The number of carbonyl (C=O) groups is 1. The lowest BCUT2D eigenvalue weighted by Crippen LogP contribution is -2.48. The smallest absolute Gasteiger partial charge is 0.321 e. The lowest BCUT2D eigenvalue weighted by atomic mass is 10.2. The normalized spacial score (nSPS) is 17.9. The standard InChI is InChI=1S/C17H19ClN4O3/c1-19-16(23)15-11-22(6-7-24-15)10-12-8-20-17(21-9-12)25-14-4-2-13(18)3-5-14/h2-5,8-9,15H,6-7,10-11H2,1H3,(H,19,23)/t15-/m0/s1. The zero-order valence-electron chi connectivity index (χ0n) is 13.8. The molecule has 3 rings (SSSR count). The second-order valence-electron chi connectivity index (χ2n) is 5.64. The van der Waals surface area contributed by atoms with Crippen molar-refractivity contribution in [3.05, 3.63) is 47.2 Å². The van der Waals surface area contributed by atoms with E-state index in [4.69, 9.17) is 21.1 Å². The average molecular weight is 363 g/mol. The zero-order valence-corrected chi connectivity index (χ0v) is 14.6. The van der Waals surface area contributed by atoms with E-state index in [1.54, 1.807) is 43.7 Å². The number of ether oxygens (including phenoxy) is 2. The number of aromatic nitrogens is 2. The molecule has 2 heterocycles. The Balaban J connectivity index is 1.57. The van der Waals surface area contributed by atoms with E-state index in [0.717, 1.165) is 12.1 Å². The van der Waals surface area contributed by atoms with Crippen LogP contribution in [-0.2, 0) is 16.1 Å². The molecule has 1 N–H and O–H groups in total. The van der Waals surface area contributed by atoms with Crippen molar-refractivity contribution in [3.63, 3.8) is 0 Å². The quantitative estimate of drug-likeness (QED) is 0.875. The number of morpholine rings is 1. The van der Waals surface area contributed by atoms with Crippen LogP contribution in [0.15, 0.2) is 36.7 Å². The average Bonchev–Trinajstić information content (AvgIpc) is 2.65. The summed E-state index contributed by atoms with van der Waals surface area (Å²) in [6.45, 7) is 2.48. The maximum absolute atomic E-state index is 11.7. The molecule has 1 aliphatic heterocycles. The van der Waals surface area contributed by atoms with E-state index < -0.39 is 6.10 Å². The topological polar surface area (TPSA) is 76.6 Å². The third-order valence-corrected chi connectivity index (χ3v) is 4.05. The molecular weight excluding hydrogens is 344 g/mol. The second kappa shape index (κ2) is 8.24. The minimum Gasteiger partial charge on any atom is -0.424 e. The van der Waals surface area contributed by atoms with Crippen molar-refractivity contribution >= 4 is 17.5 Å². The molecule has 0 saturated carbocycles. The molecule has 1 fully saturated rings. The van der Waals surface area contributed by atoms with Gasteiger partial charge in [-0.25, -0.2) is 9.97 Å². The van der Waals surface area contributed by atoms with Crippen molar-refractivity contribution in [3.8, 4) is 11.8 Å². The van der Waals surface area contributed by atoms with Gasteiger partial charge in [-0.2, -0.15) is 0 Å². The monoisotopic (exact) mass is 362 g/mol. The number of benzene rings is 1. The molecule has 1 aromatic heterocycles. The van der Waals surface area contributed by atoms with Crippen molar-refractivity contribution in [1.29, 1.82) is 0 Å². The third-order valence-electron chi connectivity index (χ3n) is 3.80. The summed E-state index contributed by atoms with van der Waals surface area (Å²) in [4.78, 5) is 22.3. The van der Waals surface area contributed by atoms with Crippen LogP contribution in [0.2, 0.25) is 5.02 Å². The highest BCUT2D eigenvalue weighted by atomic mass is 35.5. The van der Waals surface area contributed by atoms with Crippen molar-refractivity contribution in [2.45, 2.75) is 12.6 Å². The summed E-state index contributed by atoms with van der Waals surface area (Å²) >= 11 is 5.84. The first-order valence-electron chi connectivity index (χ1n) is 7.94. The second-order valence-corrected chi connectivity index (χ2v) is 6.08. The van der Waals surface area contributed by atoms with Gasteiger partial charge in [0.05, 0.1) is 6.61 Å². The SMILES string of the molecule is CNC(=O)[C@@H]1CN(Cc2cnc(Oc3ccc(Cl)cc3)nc2)CCO1. The Labute approximate surface area is 150 Å². The fraction of sp³-hybridized carbons (Fsp3) is 0.353. The Morgan fingerprint density at radius 1 is 1.36 bits per heavy atom. The Morgan fingerprint density at radius 3 is 2.76 bits per heavy atom. The van der Waals surface area contributed by atoms with Crippen molar-refractivity contribution in [2.75, 3.05) is 26.7 Å².